The number of rotatable bonds is 3. The first-order valence-corrected chi connectivity index (χ1v) is 6.65. The molecule has 0 fully saturated rings. The smallest absolute Gasteiger partial charge is 0.127 e. The Balaban J connectivity index is 2.13. The molecule has 0 bridgehead atoms. The number of hydrogen-bond acceptors (Lipinski definition) is 3. The topological polar surface area (TPSA) is 49.4 Å². The molecule has 1 atom stereocenters. The van der Waals surface area contributed by atoms with Gasteiger partial charge in [-0.2, -0.15) is 0 Å². The van der Waals surface area contributed by atoms with Gasteiger partial charge in [-0.1, -0.05) is 15.9 Å². The molecule has 1 unspecified atom stereocenters. The van der Waals surface area contributed by atoms with Crippen molar-refractivity contribution in [1.29, 1.82) is 0 Å². The molecule has 2 aromatic carbocycles. The summed E-state index contributed by atoms with van der Waals surface area (Å²) in [5.74, 6) is 1.30. The molecular formula is C12H8BrO3S-. The van der Waals surface area contributed by atoms with Crippen LogP contribution in [0.2, 0.25) is 0 Å². The Hall–Kier alpha value is -1.17. The second-order valence-electron chi connectivity index (χ2n) is 3.26. The Morgan fingerprint density at radius 3 is 1.88 bits per heavy atom. The van der Waals surface area contributed by atoms with E-state index >= 15 is 0 Å². The van der Waals surface area contributed by atoms with Gasteiger partial charge in [0.05, 0.1) is 0 Å². The van der Waals surface area contributed by atoms with E-state index in [1.54, 1.807) is 12.1 Å². The van der Waals surface area contributed by atoms with Crippen LogP contribution in [-0.2, 0) is 11.1 Å². The molecule has 0 saturated heterocycles. The van der Waals surface area contributed by atoms with E-state index in [0.29, 0.717) is 11.5 Å². The zero-order valence-corrected chi connectivity index (χ0v) is 11.0. The summed E-state index contributed by atoms with van der Waals surface area (Å²) in [7, 11) is 0. The van der Waals surface area contributed by atoms with E-state index in [1.807, 2.05) is 24.3 Å². The monoisotopic (exact) mass is 311 g/mol. The van der Waals surface area contributed by atoms with Gasteiger partial charge in [0, 0.05) is 9.37 Å². The number of halogens is 1. The van der Waals surface area contributed by atoms with Crippen LogP contribution >= 0.6 is 15.9 Å². The van der Waals surface area contributed by atoms with Gasteiger partial charge in [0.25, 0.3) is 0 Å². The number of hydrogen-bond donors (Lipinski definition) is 0. The second-order valence-corrected chi connectivity index (χ2v) is 5.12. The molecule has 0 aliphatic heterocycles. The van der Waals surface area contributed by atoms with Gasteiger partial charge in [0.1, 0.15) is 11.5 Å². The van der Waals surface area contributed by atoms with Crippen molar-refractivity contribution in [3.8, 4) is 11.5 Å². The van der Waals surface area contributed by atoms with Crippen molar-refractivity contribution in [2.75, 3.05) is 0 Å². The third kappa shape index (κ3) is 3.39. The molecule has 0 saturated carbocycles. The van der Waals surface area contributed by atoms with E-state index < -0.39 is 11.1 Å². The standard InChI is InChI=1S/C12H9BrO3S/c13-9-1-3-10(4-2-9)16-11-5-7-12(8-6-11)17(14)15/h1-8H,(H,14,15)/p-1. The quantitative estimate of drug-likeness (QED) is 0.815. The zero-order valence-electron chi connectivity index (χ0n) is 8.63. The fourth-order valence-electron chi connectivity index (χ4n) is 1.26. The highest BCUT2D eigenvalue weighted by Gasteiger charge is 1.98. The summed E-state index contributed by atoms with van der Waals surface area (Å²) in [4.78, 5) is 0.244. The van der Waals surface area contributed by atoms with Crippen LogP contribution in [0.3, 0.4) is 0 Å². The predicted octanol–water partition coefficient (Wildman–Crippen LogP) is 3.48. The summed E-state index contributed by atoms with van der Waals surface area (Å²) in [6.45, 7) is 0. The average molecular weight is 312 g/mol. The largest absolute Gasteiger partial charge is 0.768 e. The van der Waals surface area contributed by atoms with Crippen molar-refractivity contribution in [2.24, 2.45) is 0 Å². The lowest BCUT2D eigenvalue weighted by Gasteiger charge is -2.08. The summed E-state index contributed by atoms with van der Waals surface area (Å²) >= 11 is 1.13. The van der Waals surface area contributed by atoms with Crippen LogP contribution < -0.4 is 4.74 Å². The van der Waals surface area contributed by atoms with E-state index in [2.05, 4.69) is 15.9 Å². The van der Waals surface area contributed by atoms with Crippen LogP contribution in [-0.4, -0.2) is 8.76 Å². The molecule has 0 N–H and O–H groups in total. The lowest BCUT2D eigenvalue weighted by atomic mass is 10.3. The first-order valence-electron chi connectivity index (χ1n) is 4.78. The molecule has 0 aliphatic carbocycles. The highest BCUT2D eigenvalue weighted by molar-refractivity contribution is 9.10. The van der Waals surface area contributed by atoms with Crippen LogP contribution in [0, 0.1) is 0 Å². The maximum atomic E-state index is 10.7. The molecule has 0 heterocycles. The molecule has 88 valence electrons. The van der Waals surface area contributed by atoms with Crippen molar-refractivity contribution in [3.63, 3.8) is 0 Å². The molecule has 0 spiro atoms. The normalized spacial score (nSPS) is 12.1. The van der Waals surface area contributed by atoms with Crippen molar-refractivity contribution >= 4 is 27.0 Å². The van der Waals surface area contributed by atoms with Gasteiger partial charge in [-0.05, 0) is 59.6 Å². The summed E-state index contributed by atoms with van der Waals surface area (Å²) in [6, 6.07) is 13.6. The van der Waals surface area contributed by atoms with Gasteiger partial charge < -0.3 is 9.29 Å². The van der Waals surface area contributed by atoms with Crippen LogP contribution in [0.5, 0.6) is 11.5 Å². The minimum atomic E-state index is -2.20. The minimum Gasteiger partial charge on any atom is -0.768 e. The van der Waals surface area contributed by atoms with E-state index in [-0.39, 0.29) is 4.90 Å². The predicted molar refractivity (Wildman–Crippen MR) is 67.8 cm³/mol. The van der Waals surface area contributed by atoms with Crippen LogP contribution in [0.25, 0.3) is 0 Å². The maximum Gasteiger partial charge on any atom is 0.127 e. The van der Waals surface area contributed by atoms with Crippen molar-refractivity contribution in [3.05, 3.63) is 53.0 Å². The highest BCUT2D eigenvalue weighted by atomic mass is 79.9. The Morgan fingerprint density at radius 2 is 1.41 bits per heavy atom. The van der Waals surface area contributed by atoms with Crippen molar-refractivity contribution in [1.82, 2.24) is 0 Å². The molecule has 0 aromatic heterocycles. The Labute approximate surface area is 110 Å². The van der Waals surface area contributed by atoms with Gasteiger partial charge in [0.15, 0.2) is 0 Å². The molecule has 2 rings (SSSR count). The van der Waals surface area contributed by atoms with Gasteiger partial charge in [-0.15, -0.1) is 0 Å². The lowest BCUT2D eigenvalue weighted by molar-refractivity contribution is 0.482. The lowest BCUT2D eigenvalue weighted by Crippen LogP contribution is -1.89. The van der Waals surface area contributed by atoms with Crippen molar-refractivity contribution in [2.45, 2.75) is 4.90 Å². The van der Waals surface area contributed by atoms with E-state index in [9.17, 15) is 8.76 Å². The average Bonchev–Trinajstić information content (AvgIpc) is 2.33. The first-order chi connectivity index (χ1) is 8.15. The summed E-state index contributed by atoms with van der Waals surface area (Å²) in [5, 5.41) is 0. The molecule has 0 aliphatic rings. The van der Waals surface area contributed by atoms with E-state index in [4.69, 9.17) is 4.74 Å². The summed E-state index contributed by atoms with van der Waals surface area (Å²) in [5.41, 5.74) is 0. The molecule has 3 nitrogen and oxygen atoms in total. The Bertz CT molecular complexity index is 522. The van der Waals surface area contributed by atoms with Gasteiger partial charge in [-0.25, -0.2) is 0 Å². The van der Waals surface area contributed by atoms with E-state index in [0.717, 1.165) is 4.47 Å². The Kier molecular flexibility index (Phi) is 3.93. The summed E-state index contributed by atoms with van der Waals surface area (Å²) < 4.78 is 27.8. The van der Waals surface area contributed by atoms with Gasteiger partial charge in [-0.3, -0.25) is 4.21 Å². The molecule has 2 aromatic rings. The van der Waals surface area contributed by atoms with Crippen LogP contribution in [0.1, 0.15) is 0 Å². The first kappa shape index (κ1) is 12.3. The van der Waals surface area contributed by atoms with Crippen LogP contribution in [0.15, 0.2) is 57.9 Å². The minimum absolute atomic E-state index is 0.244. The Morgan fingerprint density at radius 1 is 0.941 bits per heavy atom. The van der Waals surface area contributed by atoms with E-state index in [1.165, 1.54) is 12.1 Å². The third-order valence-corrected chi connectivity index (χ3v) is 3.25. The fourth-order valence-corrected chi connectivity index (χ4v) is 1.88. The zero-order chi connectivity index (χ0) is 12.3. The number of benzene rings is 2. The molecule has 5 heteroatoms. The van der Waals surface area contributed by atoms with Gasteiger partial charge >= 0.3 is 0 Å². The summed E-state index contributed by atoms with van der Waals surface area (Å²) in [6.07, 6.45) is 0. The van der Waals surface area contributed by atoms with Crippen molar-refractivity contribution < 1.29 is 13.5 Å². The number of ether oxygens (including phenoxy) is 1. The molecular weight excluding hydrogens is 304 g/mol. The maximum absolute atomic E-state index is 10.7. The van der Waals surface area contributed by atoms with Gasteiger partial charge in [0.2, 0.25) is 0 Å². The van der Waals surface area contributed by atoms with Crippen LogP contribution in [0.4, 0.5) is 0 Å². The fraction of sp³-hybridized carbons (Fsp3) is 0. The SMILES string of the molecule is O=S([O-])c1ccc(Oc2ccc(Br)cc2)cc1. The molecule has 0 radical (unpaired) electrons. The second kappa shape index (κ2) is 5.44. The third-order valence-electron chi connectivity index (χ3n) is 2.07. The molecule has 17 heavy (non-hydrogen) atoms. The molecule has 0 amide bonds. The highest BCUT2D eigenvalue weighted by Crippen LogP contribution is 2.23.